The summed E-state index contributed by atoms with van der Waals surface area (Å²) >= 11 is 0. The molecule has 2 aliphatic carbocycles. The van der Waals surface area contributed by atoms with E-state index >= 15 is 0 Å². The van der Waals surface area contributed by atoms with Gasteiger partial charge in [-0.05, 0) is 86.6 Å². The van der Waals surface area contributed by atoms with Crippen molar-refractivity contribution in [3.63, 3.8) is 0 Å². The molecule has 2 unspecified atom stereocenters. The first-order valence-corrected chi connectivity index (χ1v) is 11.9. The van der Waals surface area contributed by atoms with Gasteiger partial charge in [0.05, 0.1) is 24.5 Å². The van der Waals surface area contributed by atoms with Crippen LogP contribution >= 0.6 is 0 Å². The number of primary amides is 1. The molecule has 8 heteroatoms. The number of anilines is 1. The predicted octanol–water partition coefficient (Wildman–Crippen LogP) is 4.05. The molecule has 3 aliphatic rings. The fourth-order valence-electron chi connectivity index (χ4n) is 4.73. The van der Waals surface area contributed by atoms with Gasteiger partial charge < -0.3 is 25.7 Å². The van der Waals surface area contributed by atoms with Crippen molar-refractivity contribution in [2.75, 3.05) is 19.0 Å². The number of methoxy groups -OCH3 is 1. The van der Waals surface area contributed by atoms with Crippen LogP contribution in [0.3, 0.4) is 0 Å². The molecule has 0 spiro atoms. The smallest absolute Gasteiger partial charge is 0.316 e. The lowest BCUT2D eigenvalue weighted by molar-refractivity contribution is 0.0587. The van der Waals surface area contributed by atoms with Crippen LogP contribution in [-0.4, -0.2) is 43.3 Å². The number of rotatable bonds is 3. The molecule has 1 aromatic rings. The number of fused-ring (bicyclic) bond motifs is 2. The van der Waals surface area contributed by atoms with Crippen molar-refractivity contribution >= 4 is 17.9 Å². The summed E-state index contributed by atoms with van der Waals surface area (Å²) in [6.07, 6.45) is 13.9. The second kappa shape index (κ2) is 14.0. The molecule has 1 aliphatic heterocycles. The number of hydrogen-bond donors (Lipinski definition) is 4. The highest BCUT2D eigenvalue weighted by atomic mass is 16.5. The molecule has 0 fully saturated rings. The number of nitrogens with one attached hydrogen (secondary N) is 1. The first kappa shape index (κ1) is 26.8. The lowest BCUT2D eigenvalue weighted by atomic mass is 9.99. The van der Waals surface area contributed by atoms with Crippen molar-refractivity contribution < 1.29 is 19.5 Å². The van der Waals surface area contributed by atoms with Crippen molar-refractivity contribution in [3.8, 4) is 0 Å². The van der Waals surface area contributed by atoms with Crippen LogP contribution in [0.15, 0.2) is 22.9 Å². The molecule has 0 radical (unpaired) electrons. The molecule has 184 valence electrons. The van der Waals surface area contributed by atoms with Crippen LogP contribution in [0.2, 0.25) is 0 Å². The van der Waals surface area contributed by atoms with E-state index in [9.17, 15) is 4.79 Å². The Balaban J connectivity index is 0.000000218. The summed E-state index contributed by atoms with van der Waals surface area (Å²) < 4.78 is 10.9. The summed E-state index contributed by atoms with van der Waals surface area (Å²) in [5.41, 5.74) is 11.8. The Kier molecular flexibility index (Phi) is 11.4. The zero-order chi connectivity index (χ0) is 24.2. The number of allylic oxidation sites excluding steroid dienone is 2. The van der Waals surface area contributed by atoms with Gasteiger partial charge in [0.2, 0.25) is 0 Å². The van der Waals surface area contributed by atoms with E-state index in [1.165, 1.54) is 35.1 Å². The highest BCUT2D eigenvalue weighted by Crippen LogP contribution is 2.38. The highest BCUT2D eigenvalue weighted by molar-refractivity contribution is 5.90. The van der Waals surface area contributed by atoms with Crippen molar-refractivity contribution in [2.24, 2.45) is 16.6 Å². The molecule has 1 aromatic carbocycles. The standard InChI is InChI=1S/C13H16N2O.C12H21NO2.H3NO/c14-13(16)15-12-10-5-1-3-8(10)7-9-4-2-6-11(9)12;1-4-11-9-12(14-3)6-8-15-10(2)5-7-13-11;1-2/h7H,1-6H2,(H3,14,15,16);5,7,11-12H,4,6,8-9H2,1-3H3;2H,1H2/b;10-5+,13-7?;. The zero-order valence-electron chi connectivity index (χ0n) is 20.2. The lowest BCUT2D eigenvalue weighted by Gasteiger charge is -2.20. The third kappa shape index (κ3) is 7.84. The second-order valence-electron chi connectivity index (χ2n) is 8.59. The fourth-order valence-corrected chi connectivity index (χ4v) is 4.73. The van der Waals surface area contributed by atoms with Gasteiger partial charge in [-0.25, -0.2) is 10.7 Å². The Bertz CT molecular complexity index is 806. The zero-order valence-corrected chi connectivity index (χ0v) is 20.2. The molecule has 0 saturated carbocycles. The number of nitrogens with two attached hydrogens (primary N) is 2. The van der Waals surface area contributed by atoms with E-state index in [-0.39, 0.29) is 6.10 Å². The Labute approximate surface area is 197 Å². The molecular formula is C25H40N4O4. The van der Waals surface area contributed by atoms with Crippen molar-refractivity contribution in [1.82, 2.24) is 0 Å². The maximum Gasteiger partial charge on any atom is 0.316 e. The Morgan fingerprint density at radius 3 is 2.39 bits per heavy atom. The SMILES string of the molecule is CCC1CC(OC)CCO/C(C)=C/C=N1.NC(=O)Nc1c2c(cc3c1CCC3)CCC2.NO. The number of carbonyl (C=O) groups excluding carboxylic acids is 1. The molecule has 2 atom stereocenters. The van der Waals surface area contributed by atoms with Crippen LogP contribution in [0.1, 0.15) is 68.2 Å². The quantitative estimate of drug-likeness (QED) is 0.505. The second-order valence-corrected chi connectivity index (χ2v) is 8.59. The first-order chi connectivity index (χ1) is 16.0. The maximum atomic E-state index is 11.1. The summed E-state index contributed by atoms with van der Waals surface area (Å²) in [4.78, 5) is 15.6. The molecule has 33 heavy (non-hydrogen) atoms. The van der Waals surface area contributed by atoms with Gasteiger partial charge in [0.1, 0.15) is 0 Å². The molecule has 0 bridgehead atoms. The van der Waals surface area contributed by atoms with Gasteiger partial charge in [0, 0.05) is 25.4 Å². The van der Waals surface area contributed by atoms with Crippen LogP contribution in [-0.2, 0) is 35.2 Å². The summed E-state index contributed by atoms with van der Waals surface area (Å²) in [6, 6.07) is 2.28. The number of aliphatic imine (C=N–C) groups is 1. The van der Waals surface area contributed by atoms with E-state index in [0.29, 0.717) is 6.04 Å². The normalized spacial score (nSPS) is 22.8. The summed E-state index contributed by atoms with van der Waals surface area (Å²) in [7, 11) is 1.76. The monoisotopic (exact) mass is 460 g/mol. The molecule has 0 saturated heterocycles. The predicted molar refractivity (Wildman–Crippen MR) is 132 cm³/mol. The van der Waals surface area contributed by atoms with Gasteiger partial charge >= 0.3 is 6.03 Å². The van der Waals surface area contributed by atoms with Crippen LogP contribution in [0.4, 0.5) is 10.5 Å². The summed E-state index contributed by atoms with van der Waals surface area (Å²) in [5, 5.41) is 9.34. The number of amides is 2. The maximum absolute atomic E-state index is 11.1. The first-order valence-electron chi connectivity index (χ1n) is 11.9. The van der Waals surface area contributed by atoms with Crippen molar-refractivity contribution in [3.05, 3.63) is 40.2 Å². The van der Waals surface area contributed by atoms with Gasteiger partial charge in [-0.3, -0.25) is 4.99 Å². The number of ether oxygens (including phenoxy) is 2. The number of urea groups is 1. The van der Waals surface area contributed by atoms with Gasteiger partial charge in [0.25, 0.3) is 0 Å². The summed E-state index contributed by atoms with van der Waals surface area (Å²) in [6.45, 7) is 4.84. The Morgan fingerprint density at radius 2 is 1.85 bits per heavy atom. The van der Waals surface area contributed by atoms with Crippen LogP contribution in [0, 0.1) is 0 Å². The number of carbonyl (C=O) groups is 1. The molecule has 0 aromatic heterocycles. The molecular weight excluding hydrogens is 420 g/mol. The van der Waals surface area contributed by atoms with Crippen molar-refractivity contribution in [1.29, 1.82) is 0 Å². The highest BCUT2D eigenvalue weighted by Gasteiger charge is 2.24. The van der Waals surface area contributed by atoms with E-state index in [1.54, 1.807) is 7.11 Å². The van der Waals surface area contributed by atoms with Crippen LogP contribution in [0.25, 0.3) is 0 Å². The molecule has 8 nitrogen and oxygen atoms in total. The van der Waals surface area contributed by atoms with E-state index in [1.807, 2.05) is 19.2 Å². The lowest BCUT2D eigenvalue weighted by Crippen LogP contribution is -2.21. The largest absolute Gasteiger partial charge is 0.498 e. The number of benzene rings is 1. The third-order valence-corrected chi connectivity index (χ3v) is 6.44. The number of hydrogen-bond acceptors (Lipinski definition) is 6. The van der Waals surface area contributed by atoms with Crippen LogP contribution < -0.4 is 16.9 Å². The van der Waals surface area contributed by atoms with Crippen molar-refractivity contribution in [2.45, 2.75) is 83.8 Å². The van der Waals surface area contributed by atoms with Gasteiger partial charge in [-0.15, -0.1) is 0 Å². The molecule has 6 N–H and O–H groups in total. The third-order valence-electron chi connectivity index (χ3n) is 6.44. The minimum atomic E-state index is -0.436. The molecule has 1 heterocycles. The van der Waals surface area contributed by atoms with Gasteiger partial charge in [-0.2, -0.15) is 0 Å². The molecule has 2 amide bonds. The number of nitrogens with zero attached hydrogens (tertiary/aromatic N) is 1. The number of aryl methyl sites for hydroxylation is 2. The average Bonchev–Trinajstić information content (AvgIpc) is 3.48. The average molecular weight is 461 g/mol. The minimum absolute atomic E-state index is 0.262. The van der Waals surface area contributed by atoms with E-state index in [2.05, 4.69) is 29.2 Å². The molecule has 4 rings (SSSR count). The Hall–Kier alpha value is -2.42. The Morgan fingerprint density at radius 1 is 1.21 bits per heavy atom. The van der Waals surface area contributed by atoms with E-state index in [0.717, 1.165) is 63.0 Å². The van der Waals surface area contributed by atoms with Gasteiger partial charge in [-0.1, -0.05) is 13.0 Å². The topological polar surface area (TPSA) is 132 Å². The minimum Gasteiger partial charge on any atom is -0.498 e. The van der Waals surface area contributed by atoms with E-state index in [4.69, 9.17) is 20.4 Å². The summed E-state index contributed by atoms with van der Waals surface area (Å²) in [5.74, 6) is 4.42. The van der Waals surface area contributed by atoms with Gasteiger partial charge in [0.15, 0.2) is 0 Å². The van der Waals surface area contributed by atoms with Crippen LogP contribution in [0.5, 0.6) is 0 Å². The van der Waals surface area contributed by atoms with E-state index < -0.39 is 6.03 Å². The fraction of sp³-hybridized carbons (Fsp3) is 0.600.